The topological polar surface area (TPSA) is 66.0 Å². The Kier molecular flexibility index (Phi) is 3.97. The Hall–Kier alpha value is -1.88. The number of aromatic nitrogens is 3. The summed E-state index contributed by atoms with van der Waals surface area (Å²) < 4.78 is 7.62. The molecule has 0 spiro atoms. The van der Waals surface area contributed by atoms with Gasteiger partial charge in [-0.05, 0) is 31.9 Å². The maximum Gasteiger partial charge on any atom is 0.122 e. The van der Waals surface area contributed by atoms with Crippen LogP contribution in [0.3, 0.4) is 0 Å². The molecule has 1 aromatic heterocycles. The van der Waals surface area contributed by atoms with E-state index in [1.807, 2.05) is 23.0 Å². The number of nitrogens with zero attached hydrogens (tertiary/aromatic N) is 3. The minimum absolute atomic E-state index is 0.366. The first-order valence-corrected chi connectivity index (χ1v) is 7.17. The monoisotopic (exact) mass is 272 g/mol. The zero-order valence-corrected chi connectivity index (χ0v) is 11.5. The molecule has 106 valence electrons. The zero-order chi connectivity index (χ0) is 13.8. The van der Waals surface area contributed by atoms with Gasteiger partial charge in [-0.3, -0.25) is 4.68 Å². The second-order valence-electron chi connectivity index (χ2n) is 5.22. The highest BCUT2D eigenvalue weighted by molar-refractivity contribution is 5.39. The van der Waals surface area contributed by atoms with Crippen LogP contribution in [0, 0.1) is 0 Å². The number of unbranched alkanes of at least 4 members (excludes halogenated alkanes) is 1. The van der Waals surface area contributed by atoms with Crippen LogP contribution in [-0.4, -0.2) is 28.1 Å². The average molecular weight is 272 g/mol. The van der Waals surface area contributed by atoms with E-state index in [4.69, 9.17) is 10.5 Å². The molecule has 0 radical (unpaired) electrons. The van der Waals surface area contributed by atoms with Gasteiger partial charge in [-0.15, -0.1) is 5.10 Å². The normalized spacial score (nSPS) is 16.9. The van der Waals surface area contributed by atoms with Gasteiger partial charge in [-0.25, -0.2) is 0 Å². The summed E-state index contributed by atoms with van der Waals surface area (Å²) in [5.74, 6) is 1.37. The van der Waals surface area contributed by atoms with Crippen molar-refractivity contribution in [2.45, 2.75) is 31.7 Å². The quantitative estimate of drug-likeness (QED) is 0.813. The van der Waals surface area contributed by atoms with Gasteiger partial charge in [0.05, 0.1) is 18.8 Å². The summed E-state index contributed by atoms with van der Waals surface area (Å²) in [7, 11) is 0. The third-order valence-electron chi connectivity index (χ3n) is 3.68. The van der Waals surface area contributed by atoms with E-state index in [0.29, 0.717) is 5.92 Å². The number of fused-ring (bicyclic) bond motifs is 1. The van der Waals surface area contributed by atoms with Gasteiger partial charge in [0.1, 0.15) is 5.75 Å². The molecule has 2 aromatic rings. The molecule has 5 heteroatoms. The highest BCUT2D eigenvalue weighted by Gasteiger charge is 2.24. The van der Waals surface area contributed by atoms with E-state index >= 15 is 0 Å². The first kappa shape index (κ1) is 13.1. The molecule has 3 rings (SSSR count). The molecule has 0 saturated carbocycles. The van der Waals surface area contributed by atoms with Crippen LogP contribution in [-0.2, 0) is 13.0 Å². The summed E-state index contributed by atoms with van der Waals surface area (Å²) in [4.78, 5) is 0. The minimum atomic E-state index is 0.366. The average Bonchev–Trinajstić information content (AvgIpc) is 3.08. The van der Waals surface area contributed by atoms with Crippen molar-refractivity contribution in [3.05, 3.63) is 41.7 Å². The van der Waals surface area contributed by atoms with Crippen LogP contribution in [0.25, 0.3) is 0 Å². The van der Waals surface area contributed by atoms with Crippen molar-refractivity contribution < 1.29 is 4.74 Å². The fourth-order valence-corrected chi connectivity index (χ4v) is 2.60. The largest absolute Gasteiger partial charge is 0.493 e. The molecule has 1 aromatic carbocycles. The Bertz CT molecular complexity index is 567. The van der Waals surface area contributed by atoms with Crippen LogP contribution in [0.4, 0.5) is 0 Å². The molecular weight excluding hydrogens is 252 g/mol. The molecule has 0 bridgehead atoms. The predicted octanol–water partition coefficient (Wildman–Crippen LogP) is 1.74. The van der Waals surface area contributed by atoms with E-state index in [0.717, 1.165) is 50.4 Å². The lowest BCUT2D eigenvalue weighted by molar-refractivity contribution is 0.314. The lowest BCUT2D eigenvalue weighted by Gasteiger charge is -2.07. The van der Waals surface area contributed by atoms with Crippen molar-refractivity contribution in [1.82, 2.24) is 15.0 Å². The Balaban J connectivity index is 1.62. The molecule has 1 aliphatic heterocycles. The first-order valence-electron chi connectivity index (χ1n) is 7.17. The van der Waals surface area contributed by atoms with Crippen LogP contribution in [0.5, 0.6) is 5.75 Å². The number of aryl methyl sites for hydroxylation is 1. The predicted molar refractivity (Wildman–Crippen MR) is 76.7 cm³/mol. The second-order valence-corrected chi connectivity index (χ2v) is 5.22. The smallest absolute Gasteiger partial charge is 0.122 e. The number of ether oxygens (including phenoxy) is 1. The molecule has 1 aliphatic rings. The molecule has 0 saturated heterocycles. The van der Waals surface area contributed by atoms with Crippen LogP contribution in [0.1, 0.15) is 30.0 Å². The van der Waals surface area contributed by atoms with Crippen molar-refractivity contribution >= 4 is 0 Å². The second kappa shape index (κ2) is 6.05. The molecular formula is C15H20N4O. The van der Waals surface area contributed by atoms with Crippen molar-refractivity contribution in [2.75, 3.05) is 13.2 Å². The fraction of sp³-hybridized carbons (Fsp3) is 0.467. The molecule has 1 unspecified atom stereocenters. The summed E-state index contributed by atoms with van der Waals surface area (Å²) in [6, 6.07) is 8.22. The van der Waals surface area contributed by atoms with Gasteiger partial charge in [-0.1, -0.05) is 23.4 Å². The first-order chi connectivity index (χ1) is 9.86. The molecule has 0 fully saturated rings. The molecule has 0 aliphatic carbocycles. The van der Waals surface area contributed by atoms with E-state index < -0.39 is 0 Å². The summed E-state index contributed by atoms with van der Waals surface area (Å²) >= 11 is 0. The minimum Gasteiger partial charge on any atom is -0.493 e. The highest BCUT2D eigenvalue weighted by atomic mass is 16.5. The molecule has 2 heterocycles. The molecule has 1 atom stereocenters. The molecule has 5 nitrogen and oxygen atoms in total. The molecule has 20 heavy (non-hydrogen) atoms. The van der Waals surface area contributed by atoms with Gasteiger partial charge in [0, 0.05) is 17.7 Å². The number of hydrogen-bond acceptors (Lipinski definition) is 4. The lowest BCUT2D eigenvalue weighted by atomic mass is 10.0. The van der Waals surface area contributed by atoms with Crippen molar-refractivity contribution in [3.63, 3.8) is 0 Å². The maximum absolute atomic E-state index is 5.69. The summed E-state index contributed by atoms with van der Waals surface area (Å²) in [6.45, 7) is 2.28. The number of nitrogens with two attached hydrogens (primary N) is 1. The summed E-state index contributed by atoms with van der Waals surface area (Å²) in [5, 5.41) is 8.43. The molecule has 2 N–H and O–H groups in total. The number of para-hydroxylation sites is 1. The van der Waals surface area contributed by atoms with E-state index in [-0.39, 0.29) is 0 Å². The van der Waals surface area contributed by atoms with Gasteiger partial charge in [0.15, 0.2) is 0 Å². The third kappa shape index (κ3) is 2.82. The maximum atomic E-state index is 5.69. The number of benzene rings is 1. The van der Waals surface area contributed by atoms with E-state index in [2.05, 4.69) is 22.4 Å². The Morgan fingerprint density at radius 3 is 3.10 bits per heavy atom. The number of hydrogen-bond donors (Lipinski definition) is 1. The Morgan fingerprint density at radius 1 is 1.30 bits per heavy atom. The summed E-state index contributed by atoms with van der Waals surface area (Å²) in [5.41, 5.74) is 7.81. The number of rotatable bonds is 6. The fourth-order valence-electron chi connectivity index (χ4n) is 2.60. The van der Waals surface area contributed by atoms with Crippen LogP contribution < -0.4 is 10.5 Å². The van der Waals surface area contributed by atoms with Gasteiger partial charge >= 0.3 is 0 Å². The van der Waals surface area contributed by atoms with Crippen LogP contribution in [0.15, 0.2) is 30.5 Å². The van der Waals surface area contributed by atoms with E-state index in [9.17, 15) is 0 Å². The van der Waals surface area contributed by atoms with Crippen molar-refractivity contribution in [3.8, 4) is 5.75 Å². The van der Waals surface area contributed by atoms with Crippen molar-refractivity contribution in [1.29, 1.82) is 0 Å². The van der Waals surface area contributed by atoms with Gasteiger partial charge in [0.25, 0.3) is 0 Å². The summed E-state index contributed by atoms with van der Waals surface area (Å²) in [6.07, 6.45) is 5.10. The van der Waals surface area contributed by atoms with E-state index in [1.54, 1.807) is 0 Å². The SMILES string of the molecule is NCCCCc1cn(CC2COc3ccccc32)nn1. The van der Waals surface area contributed by atoms with Crippen molar-refractivity contribution in [2.24, 2.45) is 5.73 Å². The van der Waals surface area contributed by atoms with Gasteiger partial charge < -0.3 is 10.5 Å². The zero-order valence-electron chi connectivity index (χ0n) is 11.5. The standard InChI is InChI=1S/C15H20N4O/c16-8-4-3-5-13-10-19(18-17-13)9-12-11-20-15-7-2-1-6-14(12)15/h1-2,6-7,10,12H,3-5,8-9,11,16H2. The van der Waals surface area contributed by atoms with Gasteiger partial charge in [0.2, 0.25) is 0 Å². The lowest BCUT2D eigenvalue weighted by Crippen LogP contribution is -2.11. The molecule has 0 amide bonds. The van der Waals surface area contributed by atoms with Crippen LogP contribution >= 0.6 is 0 Å². The Morgan fingerprint density at radius 2 is 2.20 bits per heavy atom. The van der Waals surface area contributed by atoms with Crippen LogP contribution in [0.2, 0.25) is 0 Å². The van der Waals surface area contributed by atoms with Gasteiger partial charge in [-0.2, -0.15) is 0 Å². The Labute approximate surface area is 118 Å². The highest BCUT2D eigenvalue weighted by Crippen LogP contribution is 2.34. The van der Waals surface area contributed by atoms with E-state index in [1.165, 1.54) is 5.56 Å². The third-order valence-corrected chi connectivity index (χ3v) is 3.68.